The van der Waals surface area contributed by atoms with Gasteiger partial charge in [0.1, 0.15) is 0 Å². The standard InChI is InChI=1S/C16H23NO/c1-13-6-8-15(9-7-13)16(18)14(2)12-17-10-4-3-5-11-17/h6-9,14H,3-5,10-12H2,1-2H3/i1D3. The van der Waals surface area contributed by atoms with Crippen molar-refractivity contribution < 1.29 is 8.91 Å². The van der Waals surface area contributed by atoms with E-state index in [1.807, 2.05) is 6.92 Å². The third kappa shape index (κ3) is 3.42. The van der Waals surface area contributed by atoms with E-state index in [1.165, 1.54) is 31.4 Å². The van der Waals surface area contributed by atoms with Crippen LogP contribution in [0.2, 0.25) is 0 Å². The number of benzene rings is 1. The molecule has 1 unspecified atom stereocenters. The van der Waals surface area contributed by atoms with Gasteiger partial charge < -0.3 is 4.90 Å². The molecule has 0 spiro atoms. The minimum Gasteiger partial charge on any atom is -0.303 e. The molecule has 0 bridgehead atoms. The number of nitrogens with zero attached hydrogens (tertiary/aromatic N) is 1. The van der Waals surface area contributed by atoms with Gasteiger partial charge in [-0.1, -0.05) is 43.2 Å². The van der Waals surface area contributed by atoms with Gasteiger partial charge in [-0.2, -0.15) is 0 Å². The molecule has 18 heavy (non-hydrogen) atoms. The highest BCUT2D eigenvalue weighted by atomic mass is 16.1. The summed E-state index contributed by atoms with van der Waals surface area (Å²) < 4.78 is 22.0. The largest absolute Gasteiger partial charge is 0.303 e. The average Bonchev–Trinajstić information content (AvgIpc) is 2.46. The number of hydrogen-bond acceptors (Lipinski definition) is 2. The van der Waals surface area contributed by atoms with Crippen LogP contribution in [0.5, 0.6) is 0 Å². The van der Waals surface area contributed by atoms with Crippen LogP contribution in [0.4, 0.5) is 0 Å². The average molecular weight is 248 g/mol. The Labute approximate surface area is 114 Å². The lowest BCUT2D eigenvalue weighted by Crippen LogP contribution is -2.35. The number of aryl methyl sites for hydroxylation is 1. The second kappa shape index (κ2) is 6.14. The quantitative estimate of drug-likeness (QED) is 0.762. The van der Waals surface area contributed by atoms with Crippen molar-refractivity contribution in [3.63, 3.8) is 0 Å². The zero-order valence-electron chi connectivity index (χ0n) is 14.0. The number of Topliss-reactive ketones (excluding diaryl/α,β-unsaturated/α-hetero) is 1. The summed E-state index contributed by atoms with van der Waals surface area (Å²) in [4.78, 5) is 14.8. The number of likely N-dealkylation sites (tertiary alicyclic amines) is 1. The molecule has 2 rings (SSSR count). The van der Waals surface area contributed by atoms with E-state index in [-0.39, 0.29) is 17.3 Å². The first-order chi connectivity index (χ1) is 9.88. The monoisotopic (exact) mass is 248 g/mol. The molecule has 1 aliphatic rings. The minimum atomic E-state index is -2.11. The first-order valence-electron chi connectivity index (χ1n) is 8.25. The summed E-state index contributed by atoms with van der Waals surface area (Å²) in [7, 11) is 0. The van der Waals surface area contributed by atoms with Crippen molar-refractivity contribution in [2.45, 2.75) is 33.0 Å². The fourth-order valence-corrected chi connectivity index (χ4v) is 2.53. The van der Waals surface area contributed by atoms with Crippen LogP contribution in [0.25, 0.3) is 0 Å². The third-order valence-corrected chi connectivity index (χ3v) is 3.60. The van der Waals surface area contributed by atoms with E-state index in [1.54, 1.807) is 12.1 Å². The summed E-state index contributed by atoms with van der Waals surface area (Å²) in [6.07, 6.45) is 3.72. The highest BCUT2D eigenvalue weighted by molar-refractivity contribution is 5.97. The summed E-state index contributed by atoms with van der Waals surface area (Å²) in [5, 5.41) is 0. The lowest BCUT2D eigenvalue weighted by molar-refractivity contribution is 0.0883. The summed E-state index contributed by atoms with van der Waals surface area (Å²) in [6.45, 7) is 2.79. The Hall–Kier alpha value is -1.15. The number of carbonyl (C=O) groups is 1. The molecule has 98 valence electrons. The highest BCUT2D eigenvalue weighted by Crippen LogP contribution is 2.15. The van der Waals surface area contributed by atoms with Crippen molar-refractivity contribution >= 4 is 5.78 Å². The van der Waals surface area contributed by atoms with Crippen molar-refractivity contribution in [2.75, 3.05) is 19.6 Å². The maximum absolute atomic E-state index is 12.4. The zero-order chi connectivity index (χ0) is 15.5. The Balaban J connectivity index is 1.98. The number of rotatable bonds is 4. The molecule has 2 nitrogen and oxygen atoms in total. The topological polar surface area (TPSA) is 20.3 Å². The fraction of sp³-hybridized carbons (Fsp3) is 0.562. The van der Waals surface area contributed by atoms with Gasteiger partial charge in [0.15, 0.2) is 5.78 Å². The van der Waals surface area contributed by atoms with E-state index in [0.717, 1.165) is 19.6 Å². The van der Waals surface area contributed by atoms with Gasteiger partial charge in [-0.3, -0.25) is 4.79 Å². The van der Waals surface area contributed by atoms with Gasteiger partial charge in [0.2, 0.25) is 0 Å². The minimum absolute atomic E-state index is 0.0540. The molecule has 1 aromatic rings. The van der Waals surface area contributed by atoms with E-state index in [9.17, 15) is 4.79 Å². The normalized spacial score (nSPS) is 21.7. The predicted molar refractivity (Wildman–Crippen MR) is 75.0 cm³/mol. The molecular weight excluding hydrogens is 222 g/mol. The second-order valence-corrected chi connectivity index (χ2v) is 5.20. The van der Waals surface area contributed by atoms with E-state index in [4.69, 9.17) is 4.11 Å². The van der Waals surface area contributed by atoms with Crippen molar-refractivity contribution in [2.24, 2.45) is 5.92 Å². The van der Waals surface area contributed by atoms with Crippen LogP contribution in [-0.4, -0.2) is 30.3 Å². The summed E-state index contributed by atoms with van der Waals surface area (Å²) >= 11 is 0. The Morgan fingerprint density at radius 2 is 1.94 bits per heavy atom. The zero-order valence-corrected chi connectivity index (χ0v) is 11.0. The molecule has 1 saturated heterocycles. The summed E-state index contributed by atoms with van der Waals surface area (Å²) in [5.41, 5.74) is 0.884. The van der Waals surface area contributed by atoms with Crippen molar-refractivity contribution in [1.82, 2.24) is 4.90 Å². The van der Waals surface area contributed by atoms with Crippen LogP contribution in [0, 0.1) is 12.8 Å². The maximum Gasteiger partial charge on any atom is 0.166 e. The number of carbonyl (C=O) groups excluding carboxylic acids is 1. The van der Waals surface area contributed by atoms with Gasteiger partial charge >= 0.3 is 0 Å². The fourth-order valence-electron chi connectivity index (χ4n) is 2.53. The molecule has 1 aromatic carbocycles. The predicted octanol–water partition coefficient (Wildman–Crippen LogP) is 3.30. The van der Waals surface area contributed by atoms with E-state index < -0.39 is 6.85 Å². The lowest BCUT2D eigenvalue weighted by atomic mass is 9.97. The lowest BCUT2D eigenvalue weighted by Gasteiger charge is -2.28. The smallest absolute Gasteiger partial charge is 0.166 e. The van der Waals surface area contributed by atoms with Gasteiger partial charge in [0, 0.05) is 22.1 Å². The molecule has 0 saturated carbocycles. The first kappa shape index (κ1) is 9.74. The highest BCUT2D eigenvalue weighted by Gasteiger charge is 2.19. The van der Waals surface area contributed by atoms with Gasteiger partial charge in [-0.15, -0.1) is 0 Å². The van der Waals surface area contributed by atoms with Gasteiger partial charge in [0.05, 0.1) is 0 Å². The maximum atomic E-state index is 12.4. The SMILES string of the molecule is [2H]C([2H])([2H])c1ccc(C(=O)C(C)CN2CCCCC2)cc1. The summed E-state index contributed by atoms with van der Waals surface area (Å²) in [6, 6.07) is 6.34. The summed E-state index contributed by atoms with van der Waals surface area (Å²) in [5.74, 6) is 0.0411. The van der Waals surface area contributed by atoms with E-state index >= 15 is 0 Å². The first-order valence-corrected chi connectivity index (χ1v) is 6.75. The Morgan fingerprint density at radius 1 is 1.28 bits per heavy atom. The molecule has 1 atom stereocenters. The Kier molecular flexibility index (Phi) is 3.32. The molecule has 2 heteroatoms. The van der Waals surface area contributed by atoms with Crippen molar-refractivity contribution in [1.29, 1.82) is 0 Å². The Morgan fingerprint density at radius 3 is 2.56 bits per heavy atom. The number of hydrogen-bond donors (Lipinski definition) is 0. The molecular formula is C16H23NO. The number of piperidine rings is 1. The van der Waals surface area contributed by atoms with Crippen LogP contribution >= 0.6 is 0 Å². The molecule has 0 aromatic heterocycles. The second-order valence-electron chi connectivity index (χ2n) is 5.20. The van der Waals surface area contributed by atoms with Crippen molar-refractivity contribution in [3.8, 4) is 0 Å². The molecule has 0 radical (unpaired) electrons. The molecule has 1 aliphatic heterocycles. The van der Waals surface area contributed by atoms with Crippen LogP contribution in [0.3, 0.4) is 0 Å². The molecule has 0 N–H and O–H groups in total. The number of ketones is 1. The molecule has 0 amide bonds. The molecule has 1 heterocycles. The van der Waals surface area contributed by atoms with Crippen LogP contribution in [-0.2, 0) is 0 Å². The van der Waals surface area contributed by atoms with Crippen molar-refractivity contribution in [3.05, 3.63) is 35.4 Å². The van der Waals surface area contributed by atoms with E-state index in [0.29, 0.717) is 5.56 Å². The Bertz CT molecular complexity index is 475. The molecule has 1 fully saturated rings. The third-order valence-electron chi connectivity index (χ3n) is 3.60. The van der Waals surface area contributed by atoms with Gasteiger partial charge in [-0.25, -0.2) is 0 Å². The van der Waals surface area contributed by atoms with Crippen LogP contribution < -0.4 is 0 Å². The van der Waals surface area contributed by atoms with Gasteiger partial charge in [0.25, 0.3) is 0 Å². The van der Waals surface area contributed by atoms with Crippen LogP contribution in [0.1, 0.15) is 46.2 Å². The van der Waals surface area contributed by atoms with Gasteiger partial charge in [-0.05, 0) is 32.8 Å². The van der Waals surface area contributed by atoms with Crippen LogP contribution in [0.15, 0.2) is 24.3 Å². The molecule has 0 aliphatic carbocycles. The van der Waals surface area contributed by atoms with E-state index in [2.05, 4.69) is 4.90 Å².